The van der Waals surface area contributed by atoms with Gasteiger partial charge in [-0.15, -0.1) is 0 Å². The van der Waals surface area contributed by atoms with Crippen LogP contribution in [0.4, 0.5) is 0 Å². The molecular weight excluding hydrogens is 436 g/mol. The quantitative estimate of drug-likeness (QED) is 0.185. The van der Waals surface area contributed by atoms with E-state index in [0.29, 0.717) is 0 Å². The summed E-state index contributed by atoms with van der Waals surface area (Å²) in [5, 5.41) is 63.7. The van der Waals surface area contributed by atoms with E-state index in [0.717, 1.165) is 0 Å². The summed E-state index contributed by atoms with van der Waals surface area (Å²) in [6.45, 7) is -1.05. The van der Waals surface area contributed by atoms with E-state index >= 15 is 0 Å². The van der Waals surface area contributed by atoms with E-state index in [4.69, 9.17) is 93.5 Å². The molecule has 0 aliphatic rings. The van der Waals surface area contributed by atoms with Crippen molar-refractivity contribution in [2.75, 3.05) is 13.2 Å². The Morgan fingerprint density at radius 2 is 0.875 bits per heavy atom. The topological polar surface area (TPSA) is 162 Å². The Morgan fingerprint density at radius 3 is 1.08 bits per heavy atom. The predicted molar refractivity (Wildman–Crippen MR) is 91.8 cm³/mol. The third-order valence-corrected chi connectivity index (χ3v) is 4.26. The molecule has 1 aromatic rings. The van der Waals surface area contributed by atoms with E-state index in [9.17, 15) is 5.11 Å². The van der Waals surface area contributed by atoms with Gasteiger partial charge in [0.1, 0.15) is 22.3 Å². The van der Waals surface area contributed by atoms with Crippen LogP contribution in [0.1, 0.15) is 0 Å². The first-order valence-corrected chi connectivity index (χ1v) is 7.63. The number of hydrogen-bond donors (Lipinski definition) is 8. The maximum Gasteiger partial charge on any atom is 0.631 e. The summed E-state index contributed by atoms with van der Waals surface area (Å²) in [7, 11) is -2.17. The highest BCUT2D eigenvalue weighted by Gasteiger charge is 2.18. The van der Waals surface area contributed by atoms with Crippen molar-refractivity contribution < 1.29 is 40.6 Å². The first-order chi connectivity index (χ1) is 10.9. The van der Waals surface area contributed by atoms with Gasteiger partial charge in [0.25, 0.3) is 0 Å². The Balaban J connectivity index is 0. The molecule has 2 unspecified atom stereocenters. The molecule has 1 aromatic carbocycles. The van der Waals surface area contributed by atoms with Crippen LogP contribution in [-0.4, -0.2) is 73.3 Å². The molecule has 0 aliphatic heterocycles. The van der Waals surface area contributed by atoms with E-state index in [1.165, 1.54) is 0 Å². The van der Waals surface area contributed by atoms with E-state index in [1.807, 2.05) is 0 Å². The summed E-state index contributed by atoms with van der Waals surface area (Å²) in [5.74, 6) is -0.363. The molecule has 0 aliphatic carbocycles. The molecule has 0 aromatic heterocycles. The largest absolute Gasteiger partial charge is 0.631 e. The van der Waals surface area contributed by atoms with Crippen LogP contribution in [0.5, 0.6) is 5.75 Å². The first-order valence-electron chi connectivity index (χ1n) is 5.74. The summed E-state index contributed by atoms with van der Waals surface area (Å²) in [5.41, 5.74) is 0. The maximum absolute atomic E-state index is 9.20. The van der Waals surface area contributed by atoms with Gasteiger partial charge in [-0.1, -0.05) is 58.0 Å². The number of benzene rings is 1. The van der Waals surface area contributed by atoms with E-state index < -0.39 is 32.7 Å². The van der Waals surface area contributed by atoms with Gasteiger partial charge < -0.3 is 40.6 Å². The Hall–Kier alpha value is 0.255. The summed E-state index contributed by atoms with van der Waals surface area (Å²) >= 11 is 27.9. The molecule has 0 saturated heterocycles. The second kappa shape index (κ2) is 13.5. The highest BCUT2D eigenvalue weighted by atomic mass is 35.5. The molecule has 1 rings (SSSR count). The number of rotatable bonds is 3. The van der Waals surface area contributed by atoms with Crippen LogP contribution in [0, 0.1) is 0 Å². The number of aliphatic hydroxyl groups is 4. The molecule has 0 heterocycles. The number of phenols is 1. The van der Waals surface area contributed by atoms with Gasteiger partial charge in [0, 0.05) is 0 Å². The predicted octanol–water partition coefficient (Wildman–Crippen LogP) is 0.300. The molecule has 0 fully saturated rings. The van der Waals surface area contributed by atoms with Gasteiger partial charge in [-0.3, -0.25) is 0 Å². The number of halogens is 5. The fourth-order valence-corrected chi connectivity index (χ4v) is 1.97. The van der Waals surface area contributed by atoms with E-state index in [2.05, 4.69) is 0 Å². The fraction of sp³-hybridized carbons (Fsp3) is 0.400. The molecule has 0 saturated carbocycles. The lowest BCUT2D eigenvalue weighted by Gasteiger charge is -2.10. The summed E-state index contributed by atoms with van der Waals surface area (Å²) in [4.78, 5) is 0. The zero-order chi connectivity index (χ0) is 19.6. The van der Waals surface area contributed by atoms with Gasteiger partial charge in [-0.25, -0.2) is 0 Å². The molecule has 8 N–H and O–H groups in total. The zero-order valence-corrected chi connectivity index (χ0v) is 15.4. The lowest BCUT2D eigenvalue weighted by molar-refractivity contribution is -0.0388. The van der Waals surface area contributed by atoms with Gasteiger partial charge in [0.15, 0.2) is 5.75 Å². The van der Waals surface area contributed by atoms with Crippen molar-refractivity contribution >= 4 is 65.3 Å². The van der Waals surface area contributed by atoms with Gasteiger partial charge in [-0.05, 0) is 0 Å². The van der Waals surface area contributed by atoms with Crippen molar-refractivity contribution in [3.05, 3.63) is 25.1 Å². The van der Waals surface area contributed by atoms with Crippen LogP contribution in [0.3, 0.4) is 0 Å². The molecular formula is C10H14BCl5O8. The molecule has 0 spiro atoms. The van der Waals surface area contributed by atoms with Gasteiger partial charge in [0.2, 0.25) is 0 Å². The van der Waals surface area contributed by atoms with Crippen LogP contribution in [0.2, 0.25) is 25.1 Å². The number of hydrogen-bond acceptors (Lipinski definition) is 8. The minimum atomic E-state index is -2.17. The summed E-state index contributed by atoms with van der Waals surface area (Å²) in [6, 6.07) is 0. The summed E-state index contributed by atoms with van der Waals surface area (Å²) < 4.78 is 0. The molecule has 24 heavy (non-hydrogen) atoms. The van der Waals surface area contributed by atoms with Crippen LogP contribution in [-0.2, 0) is 0 Å². The smallest absolute Gasteiger partial charge is 0.505 e. The highest BCUT2D eigenvalue weighted by Crippen LogP contribution is 2.47. The molecule has 0 amide bonds. The van der Waals surface area contributed by atoms with Gasteiger partial charge in [0.05, 0.1) is 28.3 Å². The van der Waals surface area contributed by atoms with Crippen molar-refractivity contribution in [1.29, 1.82) is 0 Å². The summed E-state index contributed by atoms with van der Waals surface area (Å²) in [6.07, 6.45) is -2.44. The Morgan fingerprint density at radius 1 is 0.667 bits per heavy atom. The Labute approximate surface area is 162 Å². The highest BCUT2D eigenvalue weighted by molar-refractivity contribution is 6.55. The molecule has 8 nitrogen and oxygen atoms in total. The van der Waals surface area contributed by atoms with Crippen molar-refractivity contribution in [2.45, 2.75) is 12.2 Å². The minimum Gasteiger partial charge on any atom is -0.505 e. The van der Waals surface area contributed by atoms with Crippen LogP contribution < -0.4 is 0 Å². The Kier molecular flexibility index (Phi) is 14.9. The van der Waals surface area contributed by atoms with E-state index in [-0.39, 0.29) is 30.9 Å². The molecule has 14 heteroatoms. The van der Waals surface area contributed by atoms with Crippen LogP contribution >= 0.6 is 58.0 Å². The standard InChI is InChI=1S/C6HCl5O.C4H10O4.BH3O3/c7-1-2(8)4(10)6(12)5(11)3(1)9;5-1-3(7)4(8)2-6;2-1(3)4/h12H;3-8H,1-2H2;2-4H. The second-order valence-electron chi connectivity index (χ2n) is 3.76. The van der Waals surface area contributed by atoms with Crippen molar-refractivity contribution in [3.8, 4) is 5.75 Å². The molecule has 0 bridgehead atoms. The van der Waals surface area contributed by atoms with Crippen molar-refractivity contribution in [3.63, 3.8) is 0 Å². The van der Waals surface area contributed by atoms with Crippen molar-refractivity contribution in [1.82, 2.24) is 0 Å². The molecule has 2 atom stereocenters. The van der Waals surface area contributed by atoms with E-state index in [1.54, 1.807) is 0 Å². The van der Waals surface area contributed by atoms with Crippen LogP contribution in [0.25, 0.3) is 0 Å². The lowest BCUT2D eigenvalue weighted by atomic mass is 10.2. The third-order valence-electron chi connectivity index (χ3n) is 2.00. The van der Waals surface area contributed by atoms with Gasteiger partial charge >= 0.3 is 7.32 Å². The second-order valence-corrected chi connectivity index (χ2v) is 5.65. The number of aliphatic hydroxyl groups excluding tert-OH is 4. The van der Waals surface area contributed by atoms with Crippen molar-refractivity contribution in [2.24, 2.45) is 0 Å². The van der Waals surface area contributed by atoms with Gasteiger partial charge in [-0.2, -0.15) is 0 Å². The fourth-order valence-electron chi connectivity index (χ4n) is 0.837. The average molecular weight is 450 g/mol. The van der Waals surface area contributed by atoms with Crippen LogP contribution in [0.15, 0.2) is 0 Å². The maximum atomic E-state index is 9.20. The molecule has 0 radical (unpaired) electrons. The number of aromatic hydroxyl groups is 1. The number of phenolic OH excluding ortho intramolecular Hbond substituents is 1. The SMILES string of the molecule is OB(O)O.OCC(O)C(O)CO.Oc1c(Cl)c(Cl)c(Cl)c(Cl)c1Cl. The average Bonchev–Trinajstić information content (AvgIpc) is 2.55. The lowest BCUT2D eigenvalue weighted by Crippen LogP contribution is -2.31. The Bertz CT molecular complexity index is 391. The first kappa shape index (κ1) is 26.5. The molecule has 140 valence electrons. The monoisotopic (exact) mass is 448 g/mol. The zero-order valence-electron chi connectivity index (χ0n) is 11.6. The third kappa shape index (κ3) is 9.66. The normalized spacial score (nSPS) is 12.3. The minimum absolute atomic E-state index is 0.00904.